The van der Waals surface area contributed by atoms with Crippen molar-refractivity contribution in [2.75, 3.05) is 12.8 Å². The van der Waals surface area contributed by atoms with Crippen LogP contribution in [0.25, 0.3) is 0 Å². The van der Waals surface area contributed by atoms with Crippen LogP contribution >= 0.6 is 11.8 Å². The second-order valence-electron chi connectivity index (χ2n) is 6.01. The first-order valence-electron chi connectivity index (χ1n) is 7.63. The molecule has 2 nitrogen and oxygen atoms in total. The molecule has 0 unspecified atom stereocenters. The lowest BCUT2D eigenvalue weighted by molar-refractivity contribution is 0.0949. The molecule has 1 saturated carbocycles. The number of carbonyl (C=O) groups excluding carboxylic acids is 1. The standard InChI is InChI=1S/C19H21NOS/c1-14-8-9-16(22-2)12-17(14)18(21)20-13-19(10-11-19)15-6-4-3-5-7-15/h3-9,12H,10-11,13H2,1-2H3,(H,20,21). The van der Waals surface area contributed by atoms with E-state index in [9.17, 15) is 4.79 Å². The summed E-state index contributed by atoms with van der Waals surface area (Å²) in [6, 6.07) is 16.6. The zero-order valence-corrected chi connectivity index (χ0v) is 13.9. The minimum Gasteiger partial charge on any atom is -0.351 e. The molecule has 1 N–H and O–H groups in total. The fourth-order valence-corrected chi connectivity index (χ4v) is 3.27. The summed E-state index contributed by atoms with van der Waals surface area (Å²) in [7, 11) is 0. The number of carbonyl (C=O) groups is 1. The number of benzene rings is 2. The number of nitrogens with one attached hydrogen (secondary N) is 1. The third kappa shape index (κ3) is 3.05. The minimum absolute atomic E-state index is 0.0376. The Kier molecular flexibility index (Phi) is 4.25. The molecule has 1 aliphatic carbocycles. The van der Waals surface area contributed by atoms with E-state index in [4.69, 9.17) is 0 Å². The number of aryl methyl sites for hydroxylation is 1. The molecular formula is C19H21NOS. The molecule has 0 aliphatic heterocycles. The first kappa shape index (κ1) is 15.2. The van der Waals surface area contributed by atoms with Gasteiger partial charge in [0.05, 0.1) is 0 Å². The zero-order chi connectivity index (χ0) is 15.6. The van der Waals surface area contributed by atoms with E-state index in [-0.39, 0.29) is 11.3 Å². The summed E-state index contributed by atoms with van der Waals surface area (Å²) in [6.07, 6.45) is 4.34. The van der Waals surface area contributed by atoms with E-state index in [0.717, 1.165) is 35.4 Å². The van der Waals surface area contributed by atoms with Crippen LogP contribution in [0.1, 0.15) is 34.3 Å². The SMILES string of the molecule is CSc1ccc(C)c(C(=O)NCC2(c3ccccc3)CC2)c1. The third-order valence-electron chi connectivity index (χ3n) is 4.52. The average molecular weight is 311 g/mol. The maximum absolute atomic E-state index is 12.5. The van der Waals surface area contributed by atoms with Gasteiger partial charge >= 0.3 is 0 Å². The van der Waals surface area contributed by atoms with Crippen LogP contribution in [0, 0.1) is 6.92 Å². The van der Waals surface area contributed by atoms with E-state index in [2.05, 4.69) is 35.6 Å². The van der Waals surface area contributed by atoms with Gasteiger partial charge in [0.25, 0.3) is 5.91 Å². The van der Waals surface area contributed by atoms with Gasteiger partial charge in [-0.2, -0.15) is 0 Å². The number of hydrogen-bond acceptors (Lipinski definition) is 2. The molecule has 2 aromatic carbocycles. The van der Waals surface area contributed by atoms with Crippen LogP contribution in [0.2, 0.25) is 0 Å². The lowest BCUT2D eigenvalue weighted by Gasteiger charge is -2.17. The van der Waals surface area contributed by atoms with Crippen molar-refractivity contribution in [3.63, 3.8) is 0 Å². The van der Waals surface area contributed by atoms with Gasteiger partial charge in [-0.1, -0.05) is 36.4 Å². The van der Waals surface area contributed by atoms with Gasteiger partial charge in [0.15, 0.2) is 0 Å². The molecule has 0 aromatic heterocycles. The van der Waals surface area contributed by atoms with Gasteiger partial charge in [0.2, 0.25) is 0 Å². The summed E-state index contributed by atoms with van der Waals surface area (Å²) in [5, 5.41) is 3.14. The third-order valence-corrected chi connectivity index (χ3v) is 5.24. The first-order valence-corrected chi connectivity index (χ1v) is 8.85. The number of thioether (sulfide) groups is 1. The number of rotatable bonds is 5. The molecule has 0 bridgehead atoms. The van der Waals surface area contributed by atoms with Crippen molar-refractivity contribution in [3.05, 3.63) is 65.2 Å². The Balaban J connectivity index is 1.71. The van der Waals surface area contributed by atoms with E-state index in [1.165, 1.54) is 5.56 Å². The summed E-state index contributed by atoms with van der Waals surface area (Å²) in [4.78, 5) is 13.6. The monoisotopic (exact) mass is 311 g/mol. The molecule has 0 atom stereocenters. The van der Waals surface area contributed by atoms with Gasteiger partial charge < -0.3 is 5.32 Å². The Bertz CT molecular complexity index is 677. The maximum Gasteiger partial charge on any atom is 0.251 e. The molecule has 2 aromatic rings. The highest BCUT2D eigenvalue weighted by atomic mass is 32.2. The summed E-state index contributed by atoms with van der Waals surface area (Å²) < 4.78 is 0. The molecule has 0 heterocycles. The molecular weight excluding hydrogens is 290 g/mol. The predicted octanol–water partition coefficient (Wildman–Crippen LogP) is 4.18. The van der Waals surface area contributed by atoms with Crippen molar-refractivity contribution in [2.24, 2.45) is 0 Å². The molecule has 1 amide bonds. The largest absolute Gasteiger partial charge is 0.351 e. The highest BCUT2D eigenvalue weighted by Crippen LogP contribution is 2.47. The fourth-order valence-electron chi connectivity index (χ4n) is 2.83. The minimum atomic E-state index is 0.0376. The highest BCUT2D eigenvalue weighted by Gasteiger charge is 2.44. The van der Waals surface area contributed by atoms with Crippen molar-refractivity contribution in [1.82, 2.24) is 5.32 Å². The molecule has 1 fully saturated rings. The van der Waals surface area contributed by atoms with Crippen molar-refractivity contribution < 1.29 is 4.79 Å². The lowest BCUT2D eigenvalue weighted by Crippen LogP contribution is -2.32. The van der Waals surface area contributed by atoms with E-state index in [0.29, 0.717) is 0 Å². The van der Waals surface area contributed by atoms with Crippen LogP contribution in [0.15, 0.2) is 53.4 Å². The molecule has 3 rings (SSSR count). The summed E-state index contributed by atoms with van der Waals surface area (Å²) in [6.45, 7) is 2.71. The van der Waals surface area contributed by atoms with Crippen molar-refractivity contribution in [3.8, 4) is 0 Å². The van der Waals surface area contributed by atoms with E-state index < -0.39 is 0 Å². The lowest BCUT2D eigenvalue weighted by atomic mass is 9.96. The number of amides is 1. The molecule has 22 heavy (non-hydrogen) atoms. The highest BCUT2D eigenvalue weighted by molar-refractivity contribution is 7.98. The summed E-state index contributed by atoms with van der Waals surface area (Å²) >= 11 is 1.66. The fraction of sp³-hybridized carbons (Fsp3) is 0.316. The van der Waals surface area contributed by atoms with Crippen LogP contribution < -0.4 is 5.32 Å². The maximum atomic E-state index is 12.5. The van der Waals surface area contributed by atoms with Gasteiger partial charge in [-0.15, -0.1) is 11.8 Å². The van der Waals surface area contributed by atoms with Gasteiger partial charge in [-0.3, -0.25) is 4.79 Å². The van der Waals surface area contributed by atoms with E-state index >= 15 is 0 Å². The Labute approximate surface area is 136 Å². The van der Waals surface area contributed by atoms with Crippen molar-refractivity contribution >= 4 is 17.7 Å². The van der Waals surface area contributed by atoms with Crippen LogP contribution in [-0.4, -0.2) is 18.7 Å². The predicted molar refractivity (Wildman–Crippen MR) is 92.6 cm³/mol. The van der Waals surface area contributed by atoms with Crippen LogP contribution in [-0.2, 0) is 5.41 Å². The first-order chi connectivity index (χ1) is 10.6. The Morgan fingerprint density at radius 3 is 2.55 bits per heavy atom. The molecule has 0 radical (unpaired) electrons. The topological polar surface area (TPSA) is 29.1 Å². The van der Waals surface area contributed by atoms with E-state index in [1.807, 2.05) is 31.4 Å². The second kappa shape index (κ2) is 6.17. The van der Waals surface area contributed by atoms with Crippen LogP contribution in [0.3, 0.4) is 0 Å². The quantitative estimate of drug-likeness (QED) is 0.839. The molecule has 3 heteroatoms. The Morgan fingerprint density at radius 2 is 1.91 bits per heavy atom. The Hall–Kier alpha value is -1.74. The van der Waals surface area contributed by atoms with E-state index in [1.54, 1.807) is 11.8 Å². The summed E-state index contributed by atoms with van der Waals surface area (Å²) in [5.41, 5.74) is 3.31. The van der Waals surface area contributed by atoms with Gasteiger partial charge in [-0.05, 0) is 49.3 Å². The average Bonchev–Trinajstić information content (AvgIpc) is 3.35. The normalized spacial score (nSPS) is 15.4. The van der Waals surface area contributed by atoms with Gasteiger partial charge in [0, 0.05) is 22.4 Å². The molecule has 114 valence electrons. The summed E-state index contributed by atoms with van der Waals surface area (Å²) in [5.74, 6) is 0.0376. The van der Waals surface area contributed by atoms with Crippen LogP contribution in [0.5, 0.6) is 0 Å². The van der Waals surface area contributed by atoms with Gasteiger partial charge in [-0.25, -0.2) is 0 Å². The molecule has 0 spiro atoms. The van der Waals surface area contributed by atoms with Gasteiger partial charge in [0.1, 0.15) is 0 Å². The second-order valence-corrected chi connectivity index (χ2v) is 6.89. The smallest absolute Gasteiger partial charge is 0.251 e. The van der Waals surface area contributed by atoms with Crippen LogP contribution in [0.4, 0.5) is 0 Å². The van der Waals surface area contributed by atoms with Crippen molar-refractivity contribution in [1.29, 1.82) is 0 Å². The van der Waals surface area contributed by atoms with Crippen molar-refractivity contribution in [2.45, 2.75) is 30.1 Å². The zero-order valence-electron chi connectivity index (χ0n) is 13.1. The Morgan fingerprint density at radius 1 is 1.18 bits per heavy atom. The molecule has 0 saturated heterocycles. The number of hydrogen-bond donors (Lipinski definition) is 1. The molecule has 1 aliphatic rings.